The van der Waals surface area contributed by atoms with Gasteiger partial charge in [-0.05, 0) is 36.8 Å². The molecule has 2 aromatic heterocycles. The number of hydrogen-bond acceptors (Lipinski definition) is 4. The zero-order valence-corrected chi connectivity index (χ0v) is 16.0. The van der Waals surface area contributed by atoms with Crippen LogP contribution in [0.3, 0.4) is 0 Å². The van der Waals surface area contributed by atoms with Gasteiger partial charge in [-0.15, -0.1) is 0 Å². The number of furan rings is 1. The van der Waals surface area contributed by atoms with E-state index in [2.05, 4.69) is 10.4 Å². The van der Waals surface area contributed by atoms with Crippen LogP contribution in [0.15, 0.2) is 53.1 Å². The molecule has 1 aliphatic heterocycles. The van der Waals surface area contributed by atoms with Crippen LogP contribution in [0.25, 0.3) is 17.1 Å². The van der Waals surface area contributed by atoms with Crippen LogP contribution in [0.5, 0.6) is 0 Å². The number of benzene rings is 1. The number of carbonyl (C=O) groups is 2. The predicted molar refractivity (Wildman–Crippen MR) is 104 cm³/mol. The Balaban J connectivity index is 1.77. The van der Waals surface area contributed by atoms with Gasteiger partial charge in [0.15, 0.2) is 11.5 Å². The average Bonchev–Trinajstić information content (AvgIpc) is 3.37. The Hall–Kier alpha value is -3.06. The van der Waals surface area contributed by atoms with Crippen LogP contribution >= 0.6 is 11.6 Å². The van der Waals surface area contributed by atoms with E-state index in [1.807, 2.05) is 19.1 Å². The average molecular weight is 399 g/mol. The van der Waals surface area contributed by atoms with E-state index >= 15 is 0 Å². The monoisotopic (exact) mass is 398 g/mol. The Morgan fingerprint density at radius 1 is 1.32 bits per heavy atom. The Labute approximate surface area is 166 Å². The maximum Gasteiger partial charge on any atom is 0.275 e. The van der Waals surface area contributed by atoms with Crippen LogP contribution in [0, 0.1) is 0 Å². The molecule has 1 atom stereocenters. The minimum atomic E-state index is -0.496. The lowest BCUT2D eigenvalue weighted by molar-refractivity contribution is -0.127. The third-order valence-electron chi connectivity index (χ3n) is 4.73. The van der Waals surface area contributed by atoms with E-state index in [1.165, 1.54) is 0 Å². The highest BCUT2D eigenvalue weighted by Gasteiger charge is 2.33. The van der Waals surface area contributed by atoms with E-state index in [0.717, 1.165) is 0 Å². The quantitative estimate of drug-likeness (QED) is 0.732. The van der Waals surface area contributed by atoms with Crippen LogP contribution in [-0.4, -0.2) is 45.6 Å². The highest BCUT2D eigenvalue weighted by Crippen LogP contribution is 2.27. The fourth-order valence-corrected chi connectivity index (χ4v) is 3.59. The summed E-state index contributed by atoms with van der Waals surface area (Å²) in [5.41, 5.74) is 1.59. The largest absolute Gasteiger partial charge is 0.463 e. The fourth-order valence-electron chi connectivity index (χ4n) is 3.40. The molecule has 1 saturated heterocycles. The van der Waals surface area contributed by atoms with E-state index in [-0.39, 0.29) is 17.5 Å². The molecule has 1 N–H and O–H groups in total. The third kappa shape index (κ3) is 3.29. The summed E-state index contributed by atoms with van der Waals surface area (Å²) < 4.78 is 7.15. The van der Waals surface area contributed by atoms with E-state index in [9.17, 15) is 9.59 Å². The number of halogens is 1. The number of amides is 2. The van der Waals surface area contributed by atoms with Gasteiger partial charge in [0.2, 0.25) is 5.91 Å². The molecule has 4 rings (SSSR count). The Morgan fingerprint density at radius 3 is 2.89 bits per heavy atom. The van der Waals surface area contributed by atoms with E-state index in [4.69, 9.17) is 16.0 Å². The summed E-state index contributed by atoms with van der Waals surface area (Å²) >= 11 is 6.13. The van der Waals surface area contributed by atoms with Gasteiger partial charge in [-0.1, -0.05) is 24.6 Å². The van der Waals surface area contributed by atoms with E-state index in [1.54, 1.807) is 46.2 Å². The van der Waals surface area contributed by atoms with Crippen LogP contribution in [0.1, 0.15) is 23.8 Å². The van der Waals surface area contributed by atoms with Crippen LogP contribution in [-0.2, 0) is 4.79 Å². The lowest BCUT2D eigenvalue weighted by Crippen LogP contribution is -2.57. The van der Waals surface area contributed by atoms with Crippen molar-refractivity contribution in [1.82, 2.24) is 20.0 Å². The predicted octanol–water partition coefficient (Wildman–Crippen LogP) is 3.14. The summed E-state index contributed by atoms with van der Waals surface area (Å²) in [6.07, 6.45) is 2.10. The highest BCUT2D eigenvalue weighted by molar-refractivity contribution is 6.30. The summed E-state index contributed by atoms with van der Waals surface area (Å²) in [4.78, 5) is 26.9. The molecule has 1 aliphatic rings. The molecular formula is C20H19ClN4O3. The molecule has 3 heterocycles. The molecule has 0 spiro atoms. The zero-order chi connectivity index (χ0) is 19.7. The number of piperazine rings is 1. The smallest absolute Gasteiger partial charge is 0.275 e. The standard InChI is InChI=1S/C20H19ClN4O3/c1-2-16-19(26)22-8-9-24(16)20(27)15-12-17(18-7-4-10-28-18)25(23-15)14-6-3-5-13(21)11-14/h3-7,10-12,16H,2,8-9H2,1H3,(H,22,26). The van der Waals surface area contributed by atoms with Crippen molar-refractivity contribution in [3.8, 4) is 17.1 Å². The Morgan fingerprint density at radius 2 is 2.18 bits per heavy atom. The first kappa shape index (κ1) is 18.3. The van der Waals surface area contributed by atoms with Crippen LogP contribution in [0.4, 0.5) is 0 Å². The molecule has 0 saturated carbocycles. The fraction of sp³-hybridized carbons (Fsp3) is 0.250. The van der Waals surface area contributed by atoms with Gasteiger partial charge in [0, 0.05) is 24.2 Å². The van der Waals surface area contributed by atoms with Crippen LogP contribution < -0.4 is 5.32 Å². The number of nitrogens with one attached hydrogen (secondary N) is 1. The lowest BCUT2D eigenvalue weighted by Gasteiger charge is -2.33. The molecule has 1 fully saturated rings. The van der Waals surface area contributed by atoms with Gasteiger partial charge in [-0.3, -0.25) is 9.59 Å². The van der Waals surface area contributed by atoms with Crippen molar-refractivity contribution in [1.29, 1.82) is 0 Å². The van der Waals surface area contributed by atoms with Crippen molar-refractivity contribution in [2.24, 2.45) is 0 Å². The summed E-state index contributed by atoms with van der Waals surface area (Å²) in [6, 6.07) is 12.0. The van der Waals surface area contributed by atoms with Gasteiger partial charge in [0.25, 0.3) is 5.91 Å². The van der Waals surface area contributed by atoms with Crippen LogP contribution in [0.2, 0.25) is 5.02 Å². The molecule has 0 radical (unpaired) electrons. The first-order valence-electron chi connectivity index (χ1n) is 9.07. The third-order valence-corrected chi connectivity index (χ3v) is 4.97. The first-order valence-corrected chi connectivity index (χ1v) is 9.45. The van der Waals surface area contributed by atoms with Crippen molar-refractivity contribution < 1.29 is 14.0 Å². The maximum absolute atomic E-state index is 13.2. The zero-order valence-electron chi connectivity index (χ0n) is 15.3. The number of nitrogens with zero attached hydrogens (tertiary/aromatic N) is 3. The molecule has 28 heavy (non-hydrogen) atoms. The Kier molecular flexibility index (Phi) is 4.92. The first-order chi connectivity index (χ1) is 13.6. The minimum absolute atomic E-state index is 0.136. The SMILES string of the molecule is CCC1C(=O)NCCN1C(=O)c1cc(-c2ccco2)n(-c2cccc(Cl)c2)n1. The molecule has 7 nitrogen and oxygen atoms in total. The summed E-state index contributed by atoms with van der Waals surface area (Å²) in [5, 5.41) is 7.88. The van der Waals surface area contributed by atoms with E-state index < -0.39 is 6.04 Å². The summed E-state index contributed by atoms with van der Waals surface area (Å²) in [6.45, 7) is 2.76. The van der Waals surface area contributed by atoms with Gasteiger partial charge in [-0.25, -0.2) is 4.68 Å². The topological polar surface area (TPSA) is 80.4 Å². The molecule has 0 bridgehead atoms. The normalized spacial score (nSPS) is 16.9. The minimum Gasteiger partial charge on any atom is -0.463 e. The van der Waals surface area contributed by atoms with Crippen molar-refractivity contribution in [2.75, 3.05) is 13.1 Å². The molecule has 8 heteroatoms. The molecule has 144 valence electrons. The van der Waals surface area contributed by atoms with Crippen molar-refractivity contribution in [2.45, 2.75) is 19.4 Å². The second-order valence-electron chi connectivity index (χ2n) is 6.50. The molecule has 1 unspecified atom stereocenters. The maximum atomic E-state index is 13.2. The highest BCUT2D eigenvalue weighted by atomic mass is 35.5. The number of carbonyl (C=O) groups excluding carboxylic acids is 2. The van der Waals surface area contributed by atoms with E-state index in [0.29, 0.717) is 41.7 Å². The van der Waals surface area contributed by atoms with Crippen molar-refractivity contribution >= 4 is 23.4 Å². The summed E-state index contributed by atoms with van der Waals surface area (Å²) in [7, 11) is 0. The molecule has 2 amide bonds. The van der Waals surface area contributed by atoms with Crippen molar-refractivity contribution in [3.63, 3.8) is 0 Å². The van der Waals surface area contributed by atoms with Gasteiger partial charge < -0.3 is 14.6 Å². The van der Waals surface area contributed by atoms with Gasteiger partial charge in [-0.2, -0.15) is 5.10 Å². The molecular weight excluding hydrogens is 380 g/mol. The molecule has 0 aliphatic carbocycles. The second kappa shape index (κ2) is 7.52. The second-order valence-corrected chi connectivity index (χ2v) is 6.93. The molecule has 3 aromatic rings. The number of rotatable bonds is 4. The molecule has 1 aromatic carbocycles. The van der Waals surface area contributed by atoms with Crippen molar-refractivity contribution in [3.05, 3.63) is 59.4 Å². The number of aromatic nitrogens is 2. The van der Waals surface area contributed by atoms with Gasteiger partial charge in [0.1, 0.15) is 11.7 Å². The van der Waals surface area contributed by atoms with Gasteiger partial charge in [0.05, 0.1) is 12.0 Å². The lowest BCUT2D eigenvalue weighted by atomic mass is 10.1. The number of hydrogen-bond donors (Lipinski definition) is 1. The Bertz CT molecular complexity index is 1010. The summed E-state index contributed by atoms with van der Waals surface area (Å²) in [5.74, 6) is 0.160. The van der Waals surface area contributed by atoms with Gasteiger partial charge >= 0.3 is 0 Å².